The number of ether oxygens (including phenoxy) is 2. The second-order valence-corrected chi connectivity index (χ2v) is 9.83. The summed E-state index contributed by atoms with van der Waals surface area (Å²) in [6.45, 7) is 4.34. The van der Waals surface area contributed by atoms with E-state index in [4.69, 9.17) is 9.47 Å². The summed E-state index contributed by atoms with van der Waals surface area (Å²) >= 11 is 0. The van der Waals surface area contributed by atoms with Crippen molar-refractivity contribution in [3.63, 3.8) is 0 Å². The highest BCUT2D eigenvalue weighted by Gasteiger charge is 2.31. The highest BCUT2D eigenvalue weighted by Crippen LogP contribution is 2.37. The fourth-order valence-corrected chi connectivity index (χ4v) is 5.38. The zero-order chi connectivity index (χ0) is 21.9. The van der Waals surface area contributed by atoms with Crippen LogP contribution in [0, 0.1) is 0 Å². The van der Waals surface area contributed by atoms with Gasteiger partial charge in [0.15, 0.2) is 17.3 Å². The second-order valence-electron chi connectivity index (χ2n) is 7.74. The topological polar surface area (TPSA) is 105 Å². The second kappa shape index (κ2) is 9.32. The number of amides is 1. The first kappa shape index (κ1) is 22.5. The van der Waals surface area contributed by atoms with Crippen molar-refractivity contribution in [2.24, 2.45) is 0 Å². The van der Waals surface area contributed by atoms with Crippen LogP contribution < -0.4 is 14.8 Å². The van der Waals surface area contributed by atoms with Gasteiger partial charge in [-0.05, 0) is 39.3 Å². The van der Waals surface area contributed by atoms with Crippen LogP contribution in [0.1, 0.15) is 43.5 Å². The van der Waals surface area contributed by atoms with Crippen molar-refractivity contribution in [1.82, 2.24) is 9.21 Å². The van der Waals surface area contributed by atoms with Crippen LogP contribution in [0.5, 0.6) is 11.5 Å². The van der Waals surface area contributed by atoms with E-state index in [9.17, 15) is 18.0 Å². The van der Waals surface area contributed by atoms with Crippen molar-refractivity contribution >= 4 is 27.4 Å². The van der Waals surface area contributed by atoms with Crippen LogP contribution in [0.2, 0.25) is 0 Å². The smallest absolute Gasteiger partial charge is 0.238 e. The number of benzene rings is 1. The minimum Gasteiger partial charge on any atom is -0.454 e. The summed E-state index contributed by atoms with van der Waals surface area (Å²) < 4.78 is 36.9. The lowest BCUT2D eigenvalue weighted by Gasteiger charge is -2.36. The standard InChI is InChI=1S/C20H29N3O6S/c1-4-8-30(26,27)23-7-5-6-15(11-23)22(3)12-20(25)21-17-10-19-18(28-13-29-19)9-16(17)14(2)24/h9-10,15H,4-8,11-13H2,1-3H3,(H,21,25). The zero-order valence-electron chi connectivity index (χ0n) is 17.6. The van der Waals surface area contributed by atoms with Crippen molar-refractivity contribution in [3.05, 3.63) is 17.7 Å². The average molecular weight is 440 g/mol. The first-order chi connectivity index (χ1) is 14.2. The molecule has 1 aromatic rings. The number of ketones is 1. The lowest BCUT2D eigenvalue weighted by atomic mass is 10.1. The van der Waals surface area contributed by atoms with Gasteiger partial charge >= 0.3 is 0 Å². The number of sulfonamides is 1. The van der Waals surface area contributed by atoms with Crippen LogP contribution in [-0.4, -0.2) is 74.6 Å². The summed E-state index contributed by atoms with van der Waals surface area (Å²) in [6, 6.07) is 3.12. The van der Waals surface area contributed by atoms with Crippen molar-refractivity contribution in [2.45, 2.75) is 39.2 Å². The van der Waals surface area contributed by atoms with E-state index < -0.39 is 10.0 Å². The van der Waals surface area contributed by atoms with Crippen molar-refractivity contribution in [1.29, 1.82) is 0 Å². The molecule has 166 valence electrons. The number of anilines is 1. The summed E-state index contributed by atoms with van der Waals surface area (Å²) in [7, 11) is -1.44. The lowest BCUT2D eigenvalue weighted by molar-refractivity contribution is -0.117. The van der Waals surface area contributed by atoms with Gasteiger partial charge in [0.05, 0.1) is 18.0 Å². The van der Waals surface area contributed by atoms with E-state index in [1.165, 1.54) is 11.2 Å². The lowest BCUT2D eigenvalue weighted by Crippen LogP contribution is -2.50. The highest BCUT2D eigenvalue weighted by atomic mass is 32.2. The Labute approximate surface area is 177 Å². The Balaban J connectivity index is 1.64. The maximum atomic E-state index is 12.7. The maximum Gasteiger partial charge on any atom is 0.238 e. The quantitative estimate of drug-likeness (QED) is 0.615. The number of likely N-dealkylation sites (N-methyl/N-ethyl adjacent to an activating group) is 1. The van der Waals surface area contributed by atoms with Crippen LogP contribution in [0.15, 0.2) is 12.1 Å². The molecular weight excluding hydrogens is 410 g/mol. The van der Waals surface area contributed by atoms with Gasteiger partial charge in [-0.3, -0.25) is 14.5 Å². The predicted molar refractivity (Wildman–Crippen MR) is 113 cm³/mol. The van der Waals surface area contributed by atoms with E-state index >= 15 is 0 Å². The third-order valence-electron chi connectivity index (χ3n) is 5.40. The number of Topliss-reactive ketones (excluding diaryl/α,β-unsaturated/α-hetero) is 1. The molecule has 2 aliphatic heterocycles. The molecule has 3 rings (SSSR count). The minimum absolute atomic E-state index is 0.0415. The Kier molecular flexibility index (Phi) is 6.99. The Bertz CT molecular complexity index is 917. The molecule has 1 fully saturated rings. The fourth-order valence-electron chi connectivity index (χ4n) is 3.80. The van der Waals surface area contributed by atoms with Crippen LogP contribution >= 0.6 is 0 Å². The number of nitrogens with one attached hydrogen (secondary N) is 1. The van der Waals surface area contributed by atoms with Gasteiger partial charge in [-0.1, -0.05) is 6.92 Å². The maximum absolute atomic E-state index is 12.7. The SMILES string of the molecule is CCCS(=O)(=O)N1CCCC(N(C)CC(=O)Nc2cc3c(cc2C(C)=O)OCO3)C1. The Morgan fingerprint density at radius 2 is 1.97 bits per heavy atom. The number of rotatable bonds is 8. The van der Waals surface area contributed by atoms with Crippen LogP contribution in [-0.2, 0) is 14.8 Å². The first-order valence-electron chi connectivity index (χ1n) is 10.1. The van der Waals surface area contributed by atoms with Gasteiger partial charge in [0.1, 0.15) is 0 Å². The molecule has 2 aliphatic rings. The van der Waals surface area contributed by atoms with E-state index in [0.717, 1.165) is 12.8 Å². The number of carbonyl (C=O) groups is 2. The summed E-state index contributed by atoms with van der Waals surface area (Å²) in [6.07, 6.45) is 2.16. The molecule has 2 heterocycles. The van der Waals surface area contributed by atoms with Gasteiger partial charge in [0.25, 0.3) is 0 Å². The molecule has 0 saturated carbocycles. The molecule has 1 saturated heterocycles. The van der Waals surface area contributed by atoms with Gasteiger partial charge in [0.2, 0.25) is 22.7 Å². The van der Waals surface area contributed by atoms with E-state index in [2.05, 4.69) is 5.32 Å². The summed E-state index contributed by atoms with van der Waals surface area (Å²) in [5.41, 5.74) is 0.727. The van der Waals surface area contributed by atoms with Crippen molar-refractivity contribution in [2.75, 3.05) is 44.5 Å². The first-order valence-corrected chi connectivity index (χ1v) is 11.7. The average Bonchev–Trinajstić information content (AvgIpc) is 3.14. The molecule has 1 N–H and O–H groups in total. The van der Waals surface area contributed by atoms with Crippen LogP contribution in [0.25, 0.3) is 0 Å². The Hall–Kier alpha value is -2.17. The largest absolute Gasteiger partial charge is 0.454 e. The van der Waals surface area contributed by atoms with E-state index in [1.54, 1.807) is 12.1 Å². The monoisotopic (exact) mass is 439 g/mol. The minimum atomic E-state index is -3.25. The number of carbonyl (C=O) groups excluding carboxylic acids is 2. The molecular formula is C20H29N3O6S. The van der Waals surface area contributed by atoms with Crippen LogP contribution in [0.3, 0.4) is 0 Å². The zero-order valence-corrected chi connectivity index (χ0v) is 18.5. The van der Waals surface area contributed by atoms with Gasteiger partial charge < -0.3 is 14.8 Å². The van der Waals surface area contributed by atoms with Gasteiger partial charge in [-0.15, -0.1) is 0 Å². The number of nitrogens with zero attached hydrogens (tertiary/aromatic N) is 2. The summed E-state index contributed by atoms with van der Waals surface area (Å²) in [5, 5.41) is 2.78. The normalized spacial score (nSPS) is 19.1. The molecule has 0 aromatic heterocycles. The van der Waals surface area contributed by atoms with Crippen molar-refractivity contribution in [3.8, 4) is 11.5 Å². The molecule has 1 amide bonds. The molecule has 0 radical (unpaired) electrons. The van der Waals surface area contributed by atoms with Gasteiger partial charge in [-0.25, -0.2) is 12.7 Å². The molecule has 1 unspecified atom stereocenters. The molecule has 0 bridgehead atoms. The third-order valence-corrected chi connectivity index (χ3v) is 7.44. The van der Waals surface area contributed by atoms with Crippen LogP contribution in [0.4, 0.5) is 5.69 Å². The molecule has 0 spiro atoms. The molecule has 10 heteroatoms. The highest BCUT2D eigenvalue weighted by molar-refractivity contribution is 7.89. The van der Waals surface area contributed by atoms with Gasteiger partial charge in [0, 0.05) is 30.8 Å². The van der Waals surface area contributed by atoms with E-state index in [0.29, 0.717) is 42.3 Å². The Morgan fingerprint density at radius 3 is 2.63 bits per heavy atom. The number of hydrogen-bond donors (Lipinski definition) is 1. The van der Waals surface area contributed by atoms with E-state index in [-0.39, 0.29) is 36.8 Å². The van der Waals surface area contributed by atoms with Gasteiger partial charge in [-0.2, -0.15) is 0 Å². The molecule has 30 heavy (non-hydrogen) atoms. The molecule has 0 aliphatic carbocycles. The number of fused-ring (bicyclic) bond motifs is 1. The van der Waals surface area contributed by atoms with E-state index in [1.807, 2.05) is 18.9 Å². The van der Waals surface area contributed by atoms with Crippen molar-refractivity contribution < 1.29 is 27.5 Å². The fraction of sp³-hybridized carbons (Fsp3) is 0.600. The molecule has 1 aromatic carbocycles. The number of hydrogen-bond acceptors (Lipinski definition) is 7. The molecule has 1 atom stereocenters. The third kappa shape index (κ3) is 5.11. The molecule has 9 nitrogen and oxygen atoms in total. The Morgan fingerprint density at radius 1 is 1.27 bits per heavy atom. The summed E-state index contributed by atoms with van der Waals surface area (Å²) in [5.74, 6) is 0.619. The number of piperidine rings is 1. The predicted octanol–water partition coefficient (Wildman–Crippen LogP) is 1.69. The summed E-state index contributed by atoms with van der Waals surface area (Å²) in [4.78, 5) is 26.5.